The average Bonchev–Trinajstić information content (AvgIpc) is 3.10. The van der Waals surface area contributed by atoms with Crippen LogP contribution in [0.15, 0.2) is 0 Å². The number of hydrogen-bond acceptors (Lipinski definition) is 8. The minimum absolute atomic E-state index is 0.261. The van der Waals surface area contributed by atoms with E-state index in [0.29, 0.717) is 13.2 Å². The Kier molecular flexibility index (Phi) is 47.7. The normalized spacial score (nSPS) is 12.6. The lowest BCUT2D eigenvalue weighted by atomic mass is 10.0. The molecule has 0 saturated heterocycles. The van der Waals surface area contributed by atoms with Crippen LogP contribution in [0, 0.1) is 0 Å². The Balaban J connectivity index is -0.00000168. The van der Waals surface area contributed by atoms with Gasteiger partial charge in [0.15, 0.2) is 0 Å². The Bertz CT molecular complexity index is 773. The van der Waals surface area contributed by atoms with Gasteiger partial charge in [0.05, 0.1) is 76.5 Å². The number of aliphatic hydroxyl groups is 2. The summed E-state index contributed by atoms with van der Waals surface area (Å²) in [7, 11) is 7.30. The molecule has 1 unspecified atom stereocenters. The molecule has 0 saturated carbocycles. The first-order chi connectivity index (χ1) is 26.6. The van der Waals surface area contributed by atoms with Crippen LogP contribution in [-0.4, -0.2) is 120 Å². The number of ether oxygens (including phenoxy) is 2. The van der Waals surface area contributed by atoms with E-state index in [9.17, 15) is 14.4 Å². The monoisotopic (exact) mass is 827 g/mol. The van der Waals surface area contributed by atoms with Gasteiger partial charge in [0, 0.05) is 13.2 Å². The lowest BCUT2D eigenvalue weighted by Crippen LogP contribution is -2.36. The number of phosphoric ester groups is 1. The van der Waals surface area contributed by atoms with Crippen molar-refractivity contribution in [3.05, 3.63) is 0 Å². The Hall–Kier alpha value is -0.130. The van der Waals surface area contributed by atoms with Gasteiger partial charge in [0.1, 0.15) is 19.2 Å². The standard InChI is InChI=1S/C35H73O6P.2C5H14NO/c1-3-5-7-9-11-13-15-17-19-21-23-25-27-29-31-39-33-35(34-41-42(36,37)38)40-32-30-28-26-24-22-20-18-16-14-12-10-8-6-4-2;2*1-6(2,3)4-5-7/h35H,3-34H2,1-2H3,(H2,36,37,38);2*7H,4-5H2,1-3H3/q;2*+1/p-2. The second kappa shape index (κ2) is 44.4. The summed E-state index contributed by atoms with van der Waals surface area (Å²) in [5, 5.41) is 16.8. The molecular weight excluding hydrogens is 727 g/mol. The second-order valence-electron chi connectivity index (χ2n) is 18.0. The third-order valence-corrected chi connectivity index (χ3v) is 10.2. The SMILES string of the molecule is CCCCCCCCCCCCCCCCOCC(COP(=O)([O-])[O-])OCCCCCCCCCCCCCCCC.C[N+](C)(C)CCO.C[N+](C)(C)CCO. The highest BCUT2D eigenvalue weighted by Gasteiger charge is 2.11. The summed E-state index contributed by atoms with van der Waals surface area (Å²) < 4.78 is 28.7. The highest BCUT2D eigenvalue weighted by atomic mass is 31.2. The second-order valence-corrected chi connectivity index (χ2v) is 19.1. The van der Waals surface area contributed by atoms with Crippen LogP contribution in [0.4, 0.5) is 0 Å². The number of hydrogen-bond donors (Lipinski definition) is 2. The van der Waals surface area contributed by atoms with Crippen molar-refractivity contribution in [1.29, 1.82) is 0 Å². The molecule has 0 spiro atoms. The predicted octanol–water partition coefficient (Wildman–Crippen LogP) is 9.57. The highest BCUT2D eigenvalue weighted by molar-refractivity contribution is 7.43. The fraction of sp³-hybridized carbons (Fsp3) is 1.00. The minimum atomic E-state index is -5.01. The zero-order valence-electron chi connectivity index (χ0n) is 38.7. The molecule has 1 atom stereocenters. The summed E-state index contributed by atoms with van der Waals surface area (Å²) in [5.41, 5.74) is 0. The molecule has 0 amide bonds. The maximum atomic E-state index is 10.9. The molecule has 0 aromatic heterocycles. The Morgan fingerprint density at radius 1 is 0.464 bits per heavy atom. The highest BCUT2D eigenvalue weighted by Crippen LogP contribution is 2.25. The molecule has 0 aromatic carbocycles. The maximum absolute atomic E-state index is 10.9. The number of unbranched alkanes of at least 4 members (excludes halogenated alkanes) is 26. The molecule has 342 valence electrons. The third kappa shape index (κ3) is 63.0. The molecular formula is C45H99N2O8P. The lowest BCUT2D eigenvalue weighted by molar-refractivity contribution is -0.870. The van der Waals surface area contributed by atoms with Crippen molar-refractivity contribution >= 4 is 7.82 Å². The van der Waals surface area contributed by atoms with E-state index < -0.39 is 13.9 Å². The van der Waals surface area contributed by atoms with Crippen LogP contribution in [0.1, 0.15) is 194 Å². The molecule has 0 aliphatic heterocycles. The Morgan fingerprint density at radius 3 is 1.00 bits per heavy atom. The molecule has 0 bridgehead atoms. The van der Waals surface area contributed by atoms with Gasteiger partial charge in [-0.25, -0.2) is 0 Å². The predicted molar refractivity (Wildman–Crippen MR) is 235 cm³/mol. The topological polar surface area (TPSA) is 131 Å². The first-order valence-electron chi connectivity index (χ1n) is 23.3. The Labute approximate surface area is 349 Å². The summed E-state index contributed by atoms with van der Waals surface area (Å²) in [6, 6.07) is 0. The number of aliphatic hydroxyl groups excluding tert-OH is 2. The van der Waals surface area contributed by atoms with Crippen molar-refractivity contribution < 1.29 is 47.5 Å². The van der Waals surface area contributed by atoms with Crippen molar-refractivity contribution in [1.82, 2.24) is 0 Å². The third-order valence-electron chi connectivity index (χ3n) is 9.76. The maximum Gasteiger partial charge on any atom is 0.104 e. The fourth-order valence-electron chi connectivity index (χ4n) is 6.08. The van der Waals surface area contributed by atoms with Crippen LogP contribution in [0.25, 0.3) is 0 Å². The zero-order valence-corrected chi connectivity index (χ0v) is 39.6. The molecule has 0 aliphatic rings. The average molecular weight is 827 g/mol. The van der Waals surface area contributed by atoms with Crippen LogP contribution in [0.3, 0.4) is 0 Å². The van der Waals surface area contributed by atoms with Gasteiger partial charge in [0.25, 0.3) is 0 Å². The van der Waals surface area contributed by atoms with Crippen LogP contribution in [-0.2, 0) is 18.6 Å². The summed E-state index contributed by atoms with van der Waals surface area (Å²) >= 11 is 0. The Morgan fingerprint density at radius 2 is 0.750 bits per heavy atom. The van der Waals surface area contributed by atoms with Crippen molar-refractivity contribution in [2.45, 2.75) is 200 Å². The molecule has 56 heavy (non-hydrogen) atoms. The van der Waals surface area contributed by atoms with Gasteiger partial charge in [-0.2, -0.15) is 0 Å². The van der Waals surface area contributed by atoms with Gasteiger partial charge < -0.3 is 47.5 Å². The largest absolute Gasteiger partial charge is 0.790 e. The first-order valence-corrected chi connectivity index (χ1v) is 24.8. The summed E-state index contributed by atoms with van der Waals surface area (Å²) in [5.74, 6) is 0. The summed E-state index contributed by atoms with van der Waals surface area (Å²) in [6.45, 7) is 7.93. The van der Waals surface area contributed by atoms with E-state index in [1.165, 1.54) is 154 Å². The molecule has 0 heterocycles. The van der Waals surface area contributed by atoms with E-state index >= 15 is 0 Å². The van der Waals surface area contributed by atoms with E-state index in [1.54, 1.807) is 0 Å². The number of nitrogens with zero attached hydrogens (tertiary/aromatic N) is 2. The summed E-state index contributed by atoms with van der Waals surface area (Å²) in [4.78, 5) is 21.9. The molecule has 0 rings (SSSR count). The number of likely N-dealkylation sites (N-methyl/N-ethyl adjacent to an activating group) is 2. The number of rotatable bonds is 40. The van der Waals surface area contributed by atoms with Crippen molar-refractivity contribution in [3.8, 4) is 0 Å². The van der Waals surface area contributed by atoms with Gasteiger partial charge in [-0.1, -0.05) is 181 Å². The molecule has 2 N–H and O–H groups in total. The van der Waals surface area contributed by atoms with E-state index in [4.69, 9.17) is 19.7 Å². The van der Waals surface area contributed by atoms with E-state index in [-0.39, 0.29) is 26.4 Å². The van der Waals surface area contributed by atoms with Gasteiger partial charge >= 0.3 is 0 Å². The first kappa shape index (κ1) is 60.2. The lowest BCUT2D eigenvalue weighted by Gasteiger charge is -2.30. The molecule has 0 radical (unpaired) electrons. The van der Waals surface area contributed by atoms with E-state index in [1.807, 2.05) is 0 Å². The van der Waals surface area contributed by atoms with Crippen LogP contribution >= 0.6 is 7.82 Å². The molecule has 0 aliphatic carbocycles. The molecule has 11 heteroatoms. The van der Waals surface area contributed by atoms with Crippen molar-refractivity contribution in [2.24, 2.45) is 0 Å². The van der Waals surface area contributed by atoms with E-state index in [2.05, 4.69) is 60.7 Å². The van der Waals surface area contributed by atoms with Crippen LogP contribution in [0.2, 0.25) is 0 Å². The van der Waals surface area contributed by atoms with Gasteiger partial charge in [-0.3, -0.25) is 0 Å². The van der Waals surface area contributed by atoms with Crippen LogP contribution < -0.4 is 9.79 Å². The summed E-state index contributed by atoms with van der Waals surface area (Å²) in [6.07, 6.45) is 36.1. The fourth-order valence-corrected chi connectivity index (χ4v) is 6.43. The van der Waals surface area contributed by atoms with Crippen molar-refractivity contribution in [2.75, 3.05) is 95.0 Å². The number of phosphoric acid groups is 1. The number of quaternary nitrogens is 2. The quantitative estimate of drug-likeness (QED) is 0.0355. The van der Waals surface area contributed by atoms with Gasteiger partial charge in [-0.05, 0) is 12.8 Å². The minimum Gasteiger partial charge on any atom is -0.790 e. The molecule has 0 aromatic rings. The van der Waals surface area contributed by atoms with E-state index in [0.717, 1.165) is 47.7 Å². The van der Waals surface area contributed by atoms with Gasteiger partial charge in [0.2, 0.25) is 0 Å². The zero-order chi connectivity index (χ0) is 42.7. The smallest absolute Gasteiger partial charge is 0.104 e. The van der Waals surface area contributed by atoms with Gasteiger partial charge in [-0.15, -0.1) is 0 Å². The molecule has 10 nitrogen and oxygen atoms in total. The molecule has 0 fully saturated rings. The van der Waals surface area contributed by atoms with Crippen LogP contribution in [0.5, 0.6) is 0 Å². The van der Waals surface area contributed by atoms with Crippen molar-refractivity contribution in [3.63, 3.8) is 0 Å².